The lowest BCUT2D eigenvalue weighted by atomic mass is 9.84. The highest BCUT2D eigenvalue weighted by molar-refractivity contribution is 6.28. The van der Waals surface area contributed by atoms with Gasteiger partial charge in [-0.3, -0.25) is 19.2 Å². The zero-order valence-electron chi connectivity index (χ0n) is 18.3. The van der Waals surface area contributed by atoms with Crippen LogP contribution < -0.4 is 5.32 Å². The normalized spacial score (nSPS) is 14.0. The molecule has 0 aromatic heterocycles. The molecule has 6 nitrogen and oxygen atoms in total. The molecule has 1 N–H and O–H groups in total. The fourth-order valence-electron chi connectivity index (χ4n) is 3.95. The molecule has 0 bridgehead atoms. The number of nitrogens with one attached hydrogen (secondary N) is 1. The number of hydrogen-bond acceptors (Lipinski definition) is 5. The van der Waals surface area contributed by atoms with Crippen molar-refractivity contribution in [1.29, 1.82) is 0 Å². The number of anilines is 1. The Labute approximate surface area is 191 Å². The largest absolute Gasteiger partial charge is 0.452 e. The Morgan fingerprint density at radius 1 is 0.818 bits per heavy atom. The highest BCUT2D eigenvalue weighted by Gasteiger charge is 2.30. The van der Waals surface area contributed by atoms with Crippen molar-refractivity contribution in [2.45, 2.75) is 32.3 Å². The Morgan fingerprint density at radius 3 is 2.03 bits per heavy atom. The maximum absolute atomic E-state index is 12.9. The number of ether oxygens (including phenoxy) is 1. The van der Waals surface area contributed by atoms with E-state index in [4.69, 9.17) is 4.74 Å². The van der Waals surface area contributed by atoms with E-state index in [1.165, 1.54) is 19.1 Å². The van der Waals surface area contributed by atoms with Crippen LogP contribution in [0.15, 0.2) is 72.8 Å². The number of carbonyl (C=O) groups excluding carboxylic acids is 4. The van der Waals surface area contributed by atoms with E-state index in [1.807, 2.05) is 37.3 Å². The van der Waals surface area contributed by atoms with E-state index in [2.05, 4.69) is 5.32 Å². The minimum atomic E-state index is -1.04. The van der Waals surface area contributed by atoms with Crippen molar-refractivity contribution in [3.8, 4) is 0 Å². The number of carbonyl (C=O) groups is 4. The Kier molecular flexibility index (Phi) is 6.18. The summed E-state index contributed by atoms with van der Waals surface area (Å²) in [6, 6.07) is 20.5. The molecule has 2 unspecified atom stereocenters. The molecule has 166 valence electrons. The summed E-state index contributed by atoms with van der Waals surface area (Å²) in [6.07, 6.45) is -0.496. The van der Waals surface area contributed by atoms with Crippen molar-refractivity contribution in [3.63, 3.8) is 0 Å². The van der Waals surface area contributed by atoms with E-state index in [0.717, 1.165) is 5.56 Å². The maximum Gasteiger partial charge on any atom is 0.314 e. The summed E-state index contributed by atoms with van der Waals surface area (Å²) in [5.74, 6) is -1.97. The molecule has 0 spiro atoms. The second-order valence-corrected chi connectivity index (χ2v) is 7.90. The SMILES string of the molecule is CCC(C(=O)OC(C)C(=O)Nc1ccc2c(c1)C(=O)c1ccccc1C2=O)c1ccccc1. The van der Waals surface area contributed by atoms with Gasteiger partial charge < -0.3 is 10.1 Å². The molecule has 4 rings (SSSR count). The van der Waals surface area contributed by atoms with Crippen LogP contribution in [0.5, 0.6) is 0 Å². The minimum Gasteiger partial charge on any atom is -0.452 e. The van der Waals surface area contributed by atoms with Crippen molar-refractivity contribution in [1.82, 2.24) is 0 Å². The third kappa shape index (κ3) is 4.32. The fourth-order valence-corrected chi connectivity index (χ4v) is 3.95. The predicted molar refractivity (Wildman–Crippen MR) is 123 cm³/mol. The standard InChI is InChI=1S/C27H23NO5/c1-3-19(17-9-5-4-6-10-17)27(32)33-16(2)26(31)28-18-13-14-22-23(15-18)25(30)21-12-8-7-11-20(21)24(22)29/h4-16,19H,3H2,1-2H3,(H,28,31). The zero-order valence-corrected chi connectivity index (χ0v) is 18.3. The molecule has 33 heavy (non-hydrogen) atoms. The van der Waals surface area contributed by atoms with Crippen molar-refractivity contribution < 1.29 is 23.9 Å². The molecule has 0 heterocycles. The first-order valence-electron chi connectivity index (χ1n) is 10.8. The molecule has 1 aliphatic carbocycles. The first kappa shape index (κ1) is 22.1. The number of amides is 1. The third-order valence-corrected chi connectivity index (χ3v) is 5.75. The van der Waals surface area contributed by atoms with Gasteiger partial charge in [-0.1, -0.05) is 61.5 Å². The third-order valence-electron chi connectivity index (χ3n) is 5.75. The van der Waals surface area contributed by atoms with Gasteiger partial charge in [0.25, 0.3) is 5.91 Å². The van der Waals surface area contributed by atoms with E-state index >= 15 is 0 Å². The van der Waals surface area contributed by atoms with Crippen LogP contribution in [0.1, 0.15) is 63.6 Å². The first-order valence-corrected chi connectivity index (χ1v) is 10.8. The molecule has 0 saturated carbocycles. The van der Waals surface area contributed by atoms with Gasteiger partial charge in [0.15, 0.2) is 17.7 Å². The number of hydrogen-bond donors (Lipinski definition) is 1. The van der Waals surface area contributed by atoms with Crippen molar-refractivity contribution in [2.75, 3.05) is 5.32 Å². The molecular weight excluding hydrogens is 418 g/mol. The predicted octanol–water partition coefficient (Wildman–Crippen LogP) is 4.53. The average molecular weight is 441 g/mol. The highest BCUT2D eigenvalue weighted by atomic mass is 16.5. The molecule has 2 atom stereocenters. The van der Waals surface area contributed by atoms with Gasteiger partial charge in [-0.15, -0.1) is 0 Å². The van der Waals surface area contributed by atoms with Gasteiger partial charge in [0.1, 0.15) is 0 Å². The highest BCUT2D eigenvalue weighted by Crippen LogP contribution is 2.29. The summed E-state index contributed by atoms with van der Waals surface area (Å²) in [6.45, 7) is 3.38. The van der Waals surface area contributed by atoms with Crippen molar-refractivity contribution in [2.24, 2.45) is 0 Å². The Morgan fingerprint density at radius 2 is 1.39 bits per heavy atom. The summed E-state index contributed by atoms with van der Waals surface area (Å²) in [7, 11) is 0. The number of rotatable bonds is 6. The minimum absolute atomic E-state index is 0.230. The van der Waals surface area contributed by atoms with Crippen LogP contribution in [0.2, 0.25) is 0 Å². The monoisotopic (exact) mass is 441 g/mol. The smallest absolute Gasteiger partial charge is 0.314 e. The number of fused-ring (bicyclic) bond motifs is 2. The van der Waals surface area contributed by atoms with Crippen LogP contribution in [0, 0.1) is 0 Å². The van der Waals surface area contributed by atoms with E-state index in [-0.39, 0.29) is 17.1 Å². The molecule has 6 heteroatoms. The van der Waals surface area contributed by atoms with Gasteiger partial charge in [-0.25, -0.2) is 0 Å². The lowest BCUT2D eigenvalue weighted by molar-refractivity contribution is -0.154. The molecule has 0 aliphatic heterocycles. The molecule has 1 amide bonds. The summed E-state index contributed by atoms with van der Waals surface area (Å²) < 4.78 is 5.42. The Hall–Kier alpha value is -4.06. The number of ketones is 2. The van der Waals surface area contributed by atoms with Gasteiger partial charge in [-0.05, 0) is 37.1 Å². The molecule has 3 aromatic rings. The van der Waals surface area contributed by atoms with Gasteiger partial charge in [0.2, 0.25) is 0 Å². The molecule has 0 fully saturated rings. The van der Waals surface area contributed by atoms with Crippen LogP contribution in [0.4, 0.5) is 5.69 Å². The Bertz CT molecular complexity index is 1250. The first-order chi connectivity index (χ1) is 15.9. The quantitative estimate of drug-likeness (QED) is 0.444. The van der Waals surface area contributed by atoms with E-state index in [9.17, 15) is 19.2 Å². The molecule has 0 saturated heterocycles. The fraction of sp³-hybridized carbons (Fsp3) is 0.185. The van der Waals surface area contributed by atoms with Gasteiger partial charge in [-0.2, -0.15) is 0 Å². The Balaban J connectivity index is 1.47. The molecule has 3 aromatic carbocycles. The van der Waals surface area contributed by atoms with Crippen LogP contribution in [0.25, 0.3) is 0 Å². The van der Waals surface area contributed by atoms with Crippen LogP contribution in [0.3, 0.4) is 0 Å². The zero-order chi connectivity index (χ0) is 23.5. The summed E-state index contributed by atoms with van der Waals surface area (Å²) in [5.41, 5.74) is 2.41. The van der Waals surface area contributed by atoms with Gasteiger partial charge in [0.05, 0.1) is 5.92 Å². The van der Waals surface area contributed by atoms with Gasteiger partial charge >= 0.3 is 5.97 Å². The summed E-state index contributed by atoms with van der Waals surface area (Å²) in [5, 5.41) is 2.67. The van der Waals surface area contributed by atoms with E-state index in [0.29, 0.717) is 28.8 Å². The maximum atomic E-state index is 12.9. The second-order valence-electron chi connectivity index (χ2n) is 7.90. The number of benzene rings is 3. The molecular formula is C27H23NO5. The number of esters is 1. The van der Waals surface area contributed by atoms with Gasteiger partial charge in [0, 0.05) is 27.9 Å². The van der Waals surface area contributed by atoms with Crippen LogP contribution >= 0.6 is 0 Å². The van der Waals surface area contributed by atoms with Crippen molar-refractivity contribution in [3.05, 3.63) is 101 Å². The average Bonchev–Trinajstić information content (AvgIpc) is 2.83. The lowest BCUT2D eigenvalue weighted by Gasteiger charge is -2.20. The summed E-state index contributed by atoms with van der Waals surface area (Å²) in [4.78, 5) is 50.9. The van der Waals surface area contributed by atoms with Crippen LogP contribution in [-0.2, 0) is 14.3 Å². The lowest BCUT2D eigenvalue weighted by Crippen LogP contribution is -2.32. The molecule has 0 radical (unpaired) electrons. The topological polar surface area (TPSA) is 89.5 Å². The van der Waals surface area contributed by atoms with E-state index in [1.54, 1.807) is 30.3 Å². The van der Waals surface area contributed by atoms with E-state index < -0.39 is 23.9 Å². The molecule has 1 aliphatic rings. The summed E-state index contributed by atoms with van der Waals surface area (Å²) >= 11 is 0. The van der Waals surface area contributed by atoms with Crippen LogP contribution in [-0.4, -0.2) is 29.5 Å². The van der Waals surface area contributed by atoms with Crippen molar-refractivity contribution >= 4 is 29.1 Å². The second kappa shape index (κ2) is 9.20.